The van der Waals surface area contributed by atoms with Crippen molar-refractivity contribution in [2.45, 2.75) is 13.8 Å². The Labute approximate surface area is 153 Å². The average molecular weight is 359 g/mol. The maximum atomic E-state index is 12.5. The summed E-state index contributed by atoms with van der Waals surface area (Å²) in [6, 6.07) is 7.40. The molecule has 1 N–H and O–H groups in total. The van der Waals surface area contributed by atoms with Crippen LogP contribution in [0.15, 0.2) is 36.7 Å². The Balaban J connectivity index is 1.70. The largest absolute Gasteiger partial charge is 0.368 e. The fourth-order valence-corrected chi connectivity index (χ4v) is 3.10. The number of aromatic nitrogens is 1. The zero-order valence-electron chi connectivity index (χ0n) is 14.6. The van der Waals surface area contributed by atoms with Crippen LogP contribution in [0.2, 0.25) is 5.02 Å². The fraction of sp³-hybridized carbons (Fsp3) is 0.368. The van der Waals surface area contributed by atoms with E-state index in [-0.39, 0.29) is 5.91 Å². The van der Waals surface area contributed by atoms with Gasteiger partial charge in [-0.2, -0.15) is 0 Å². The standard InChI is InChI=1S/C19H23ClN4O/c1-3-23-6-8-24(9-7-23)17-10-15(12-21-13-17)19(25)22-16-5-4-14(2)18(20)11-16/h4-5,10-13H,3,6-9H2,1-2H3,(H,22,25). The Hall–Kier alpha value is -2.11. The Morgan fingerprint density at radius 2 is 1.96 bits per heavy atom. The molecule has 1 saturated heterocycles. The molecule has 2 heterocycles. The first kappa shape index (κ1) is 17.7. The van der Waals surface area contributed by atoms with Crippen LogP contribution < -0.4 is 10.2 Å². The number of piperazine rings is 1. The first-order chi connectivity index (χ1) is 12.1. The highest BCUT2D eigenvalue weighted by Crippen LogP contribution is 2.21. The molecular formula is C19H23ClN4O. The van der Waals surface area contributed by atoms with Gasteiger partial charge < -0.3 is 15.1 Å². The van der Waals surface area contributed by atoms with E-state index in [9.17, 15) is 4.79 Å². The first-order valence-corrected chi connectivity index (χ1v) is 8.94. The third-order valence-electron chi connectivity index (χ3n) is 4.60. The van der Waals surface area contributed by atoms with Gasteiger partial charge in [0, 0.05) is 43.1 Å². The lowest BCUT2D eigenvalue weighted by Crippen LogP contribution is -2.46. The van der Waals surface area contributed by atoms with Crippen LogP contribution in [0.25, 0.3) is 0 Å². The van der Waals surface area contributed by atoms with Crippen molar-refractivity contribution in [2.75, 3.05) is 42.9 Å². The van der Waals surface area contributed by atoms with Gasteiger partial charge >= 0.3 is 0 Å². The molecule has 1 aromatic heterocycles. The van der Waals surface area contributed by atoms with E-state index in [0.717, 1.165) is 44.0 Å². The number of halogens is 1. The Morgan fingerprint density at radius 3 is 2.64 bits per heavy atom. The number of hydrogen-bond acceptors (Lipinski definition) is 4. The maximum absolute atomic E-state index is 12.5. The Bertz CT molecular complexity index is 757. The number of likely N-dealkylation sites (N-methyl/N-ethyl adjacent to an activating group) is 1. The van der Waals surface area contributed by atoms with Gasteiger partial charge in [-0.15, -0.1) is 0 Å². The van der Waals surface area contributed by atoms with Crippen molar-refractivity contribution in [1.82, 2.24) is 9.88 Å². The molecule has 0 bridgehead atoms. The molecular weight excluding hydrogens is 336 g/mol. The number of nitrogens with one attached hydrogen (secondary N) is 1. The summed E-state index contributed by atoms with van der Waals surface area (Å²) < 4.78 is 0. The molecule has 1 aliphatic rings. The zero-order valence-corrected chi connectivity index (χ0v) is 15.4. The van der Waals surface area contributed by atoms with Crippen LogP contribution in [0.4, 0.5) is 11.4 Å². The summed E-state index contributed by atoms with van der Waals surface area (Å²) in [6.07, 6.45) is 3.41. The summed E-state index contributed by atoms with van der Waals surface area (Å²) in [5.74, 6) is -0.179. The van der Waals surface area contributed by atoms with Gasteiger partial charge in [-0.1, -0.05) is 24.6 Å². The molecule has 1 amide bonds. The van der Waals surface area contributed by atoms with Gasteiger partial charge in [0.1, 0.15) is 0 Å². The highest BCUT2D eigenvalue weighted by molar-refractivity contribution is 6.31. The minimum absolute atomic E-state index is 0.179. The number of carbonyl (C=O) groups excluding carboxylic acids is 1. The lowest BCUT2D eigenvalue weighted by molar-refractivity contribution is 0.102. The van der Waals surface area contributed by atoms with Crippen molar-refractivity contribution >= 4 is 28.9 Å². The van der Waals surface area contributed by atoms with Crippen LogP contribution in [0.3, 0.4) is 0 Å². The van der Waals surface area contributed by atoms with Gasteiger partial charge in [0.25, 0.3) is 5.91 Å². The predicted octanol–water partition coefficient (Wildman–Crippen LogP) is 3.44. The topological polar surface area (TPSA) is 48.5 Å². The molecule has 0 spiro atoms. The van der Waals surface area contributed by atoms with E-state index in [1.807, 2.05) is 31.3 Å². The van der Waals surface area contributed by atoms with Gasteiger partial charge in [-0.3, -0.25) is 9.78 Å². The van der Waals surface area contributed by atoms with Crippen molar-refractivity contribution in [1.29, 1.82) is 0 Å². The predicted molar refractivity (Wildman–Crippen MR) is 103 cm³/mol. The number of carbonyl (C=O) groups is 1. The van der Waals surface area contributed by atoms with Crippen molar-refractivity contribution < 1.29 is 4.79 Å². The number of rotatable bonds is 4. The second kappa shape index (κ2) is 7.85. The van der Waals surface area contributed by atoms with Crippen molar-refractivity contribution in [3.63, 3.8) is 0 Å². The monoisotopic (exact) mass is 358 g/mol. The third-order valence-corrected chi connectivity index (χ3v) is 5.01. The molecule has 132 valence electrons. The third kappa shape index (κ3) is 4.30. The summed E-state index contributed by atoms with van der Waals surface area (Å²) >= 11 is 6.12. The molecule has 0 unspecified atom stereocenters. The molecule has 2 aromatic rings. The van der Waals surface area contributed by atoms with E-state index in [4.69, 9.17) is 11.6 Å². The van der Waals surface area contributed by atoms with E-state index in [0.29, 0.717) is 16.3 Å². The SMILES string of the molecule is CCN1CCN(c2cncc(C(=O)Nc3ccc(C)c(Cl)c3)c2)CC1. The number of aryl methyl sites for hydroxylation is 1. The molecule has 25 heavy (non-hydrogen) atoms. The van der Waals surface area contributed by atoms with Gasteiger partial charge in [-0.05, 0) is 37.2 Å². The molecule has 1 aromatic carbocycles. The number of nitrogens with zero attached hydrogens (tertiary/aromatic N) is 3. The second-order valence-corrected chi connectivity index (χ2v) is 6.68. The quantitative estimate of drug-likeness (QED) is 0.909. The Morgan fingerprint density at radius 1 is 1.20 bits per heavy atom. The number of pyridine rings is 1. The summed E-state index contributed by atoms with van der Waals surface area (Å²) in [5.41, 5.74) is 3.20. The van der Waals surface area contributed by atoms with E-state index >= 15 is 0 Å². The van der Waals surface area contributed by atoms with Crippen LogP contribution in [-0.2, 0) is 0 Å². The molecule has 1 fully saturated rings. The summed E-state index contributed by atoms with van der Waals surface area (Å²) in [6.45, 7) is 9.17. The zero-order chi connectivity index (χ0) is 17.8. The van der Waals surface area contributed by atoms with Gasteiger partial charge in [0.15, 0.2) is 0 Å². The molecule has 0 aliphatic carbocycles. The van der Waals surface area contributed by atoms with E-state index in [2.05, 4.69) is 27.0 Å². The average Bonchev–Trinajstić information content (AvgIpc) is 2.65. The van der Waals surface area contributed by atoms with Crippen LogP contribution in [-0.4, -0.2) is 48.5 Å². The number of anilines is 2. The van der Waals surface area contributed by atoms with E-state index in [1.54, 1.807) is 12.3 Å². The molecule has 0 saturated carbocycles. The smallest absolute Gasteiger partial charge is 0.257 e. The van der Waals surface area contributed by atoms with Crippen LogP contribution >= 0.6 is 11.6 Å². The summed E-state index contributed by atoms with van der Waals surface area (Å²) in [7, 11) is 0. The molecule has 3 rings (SSSR count). The minimum Gasteiger partial charge on any atom is -0.368 e. The second-order valence-electron chi connectivity index (χ2n) is 6.27. The van der Waals surface area contributed by atoms with E-state index < -0.39 is 0 Å². The number of benzene rings is 1. The van der Waals surface area contributed by atoms with Gasteiger partial charge in [0.05, 0.1) is 17.4 Å². The molecule has 6 heteroatoms. The molecule has 0 atom stereocenters. The van der Waals surface area contributed by atoms with Crippen LogP contribution in [0.5, 0.6) is 0 Å². The first-order valence-electron chi connectivity index (χ1n) is 8.56. The normalized spacial score (nSPS) is 15.2. The molecule has 5 nitrogen and oxygen atoms in total. The molecule has 0 radical (unpaired) electrons. The van der Waals surface area contributed by atoms with Crippen molar-refractivity contribution in [3.05, 3.63) is 52.8 Å². The van der Waals surface area contributed by atoms with Crippen molar-refractivity contribution in [2.24, 2.45) is 0 Å². The lowest BCUT2D eigenvalue weighted by Gasteiger charge is -2.35. The van der Waals surface area contributed by atoms with Gasteiger partial charge in [0.2, 0.25) is 0 Å². The van der Waals surface area contributed by atoms with Crippen LogP contribution in [0.1, 0.15) is 22.8 Å². The highest BCUT2D eigenvalue weighted by atomic mass is 35.5. The maximum Gasteiger partial charge on any atom is 0.257 e. The van der Waals surface area contributed by atoms with Crippen LogP contribution in [0, 0.1) is 6.92 Å². The fourth-order valence-electron chi connectivity index (χ4n) is 2.92. The summed E-state index contributed by atoms with van der Waals surface area (Å²) in [5, 5.41) is 3.52. The molecule has 1 aliphatic heterocycles. The Kier molecular flexibility index (Phi) is 5.56. The van der Waals surface area contributed by atoms with Crippen molar-refractivity contribution in [3.8, 4) is 0 Å². The van der Waals surface area contributed by atoms with E-state index in [1.165, 1.54) is 0 Å². The number of amides is 1. The highest BCUT2D eigenvalue weighted by Gasteiger charge is 2.17. The number of hydrogen-bond donors (Lipinski definition) is 1. The lowest BCUT2D eigenvalue weighted by atomic mass is 10.2. The summed E-state index contributed by atoms with van der Waals surface area (Å²) in [4.78, 5) is 21.5. The van der Waals surface area contributed by atoms with Gasteiger partial charge in [-0.25, -0.2) is 0 Å². The minimum atomic E-state index is -0.179.